The minimum absolute atomic E-state index is 0.0519. The third-order valence-electron chi connectivity index (χ3n) is 5.38. The van der Waals surface area contributed by atoms with Crippen LogP contribution < -0.4 is 5.32 Å². The van der Waals surface area contributed by atoms with Crippen LogP contribution in [-0.2, 0) is 11.3 Å². The SMILES string of the molecule is CC(=O)N1CCC(NC(=O)N(CCCO)Cc2cccc3ccccc23)CC1. The number of rotatable bonds is 6. The van der Waals surface area contributed by atoms with Crippen molar-refractivity contribution in [1.29, 1.82) is 0 Å². The summed E-state index contributed by atoms with van der Waals surface area (Å²) in [6.45, 7) is 3.99. The third-order valence-corrected chi connectivity index (χ3v) is 5.38. The first-order valence-electron chi connectivity index (χ1n) is 9.97. The number of amides is 3. The molecular weight excluding hydrogens is 354 g/mol. The molecule has 3 rings (SSSR count). The highest BCUT2D eigenvalue weighted by Gasteiger charge is 2.24. The van der Waals surface area contributed by atoms with Crippen molar-refractivity contribution in [1.82, 2.24) is 15.1 Å². The number of likely N-dealkylation sites (tertiary alicyclic amines) is 1. The number of carbonyl (C=O) groups is 2. The fourth-order valence-corrected chi connectivity index (χ4v) is 3.75. The average molecular weight is 383 g/mol. The molecule has 0 aromatic heterocycles. The normalized spacial score (nSPS) is 14.9. The number of fused-ring (bicyclic) bond motifs is 1. The van der Waals surface area contributed by atoms with Gasteiger partial charge in [0.15, 0.2) is 0 Å². The van der Waals surface area contributed by atoms with Crippen LogP contribution in [0.25, 0.3) is 10.8 Å². The van der Waals surface area contributed by atoms with Gasteiger partial charge in [-0.3, -0.25) is 4.79 Å². The number of aliphatic hydroxyl groups excluding tert-OH is 1. The second-order valence-electron chi connectivity index (χ2n) is 7.37. The molecular formula is C22H29N3O3. The second kappa shape index (κ2) is 9.55. The van der Waals surface area contributed by atoms with Crippen LogP contribution in [0.5, 0.6) is 0 Å². The van der Waals surface area contributed by atoms with Gasteiger partial charge in [0.2, 0.25) is 5.91 Å². The molecule has 1 aliphatic heterocycles. The fraction of sp³-hybridized carbons (Fsp3) is 0.455. The Morgan fingerprint density at radius 1 is 1.14 bits per heavy atom. The summed E-state index contributed by atoms with van der Waals surface area (Å²) in [5.74, 6) is 0.0882. The van der Waals surface area contributed by atoms with Gasteiger partial charge in [-0.25, -0.2) is 4.79 Å². The molecule has 2 aromatic rings. The van der Waals surface area contributed by atoms with Crippen LogP contribution >= 0.6 is 0 Å². The summed E-state index contributed by atoms with van der Waals surface area (Å²) >= 11 is 0. The van der Waals surface area contributed by atoms with Gasteiger partial charge in [-0.1, -0.05) is 42.5 Å². The number of hydrogen-bond acceptors (Lipinski definition) is 3. The van der Waals surface area contributed by atoms with Gasteiger partial charge in [0.25, 0.3) is 0 Å². The Labute approximate surface area is 166 Å². The van der Waals surface area contributed by atoms with Crippen molar-refractivity contribution in [3.05, 3.63) is 48.0 Å². The summed E-state index contributed by atoms with van der Waals surface area (Å²) in [5, 5.41) is 14.7. The van der Waals surface area contributed by atoms with Gasteiger partial charge < -0.3 is 20.2 Å². The third kappa shape index (κ3) is 5.01. The molecule has 3 amide bonds. The molecule has 0 saturated carbocycles. The van der Waals surface area contributed by atoms with Crippen molar-refractivity contribution in [3.8, 4) is 0 Å². The van der Waals surface area contributed by atoms with Crippen molar-refractivity contribution < 1.29 is 14.7 Å². The summed E-state index contributed by atoms with van der Waals surface area (Å²) in [6, 6.07) is 14.3. The average Bonchev–Trinajstić information content (AvgIpc) is 2.71. The Morgan fingerprint density at radius 2 is 1.86 bits per heavy atom. The van der Waals surface area contributed by atoms with Gasteiger partial charge in [0, 0.05) is 45.8 Å². The first kappa shape index (κ1) is 20.1. The number of benzene rings is 2. The maximum absolute atomic E-state index is 12.9. The Bertz CT molecular complexity index is 810. The number of piperidine rings is 1. The molecule has 0 aliphatic carbocycles. The summed E-state index contributed by atoms with van der Waals surface area (Å²) < 4.78 is 0. The first-order valence-corrected chi connectivity index (χ1v) is 9.97. The lowest BCUT2D eigenvalue weighted by atomic mass is 10.0. The highest BCUT2D eigenvalue weighted by atomic mass is 16.3. The number of nitrogens with one attached hydrogen (secondary N) is 1. The van der Waals surface area contributed by atoms with E-state index < -0.39 is 0 Å². The summed E-state index contributed by atoms with van der Waals surface area (Å²) in [4.78, 5) is 28.0. The molecule has 6 nitrogen and oxygen atoms in total. The zero-order valence-electron chi connectivity index (χ0n) is 16.4. The lowest BCUT2D eigenvalue weighted by molar-refractivity contribution is -0.129. The van der Waals surface area contributed by atoms with Crippen molar-refractivity contribution in [3.63, 3.8) is 0 Å². The Morgan fingerprint density at radius 3 is 2.57 bits per heavy atom. The topological polar surface area (TPSA) is 72.9 Å². The predicted octanol–water partition coefficient (Wildman–Crippen LogP) is 2.74. The molecule has 0 atom stereocenters. The largest absolute Gasteiger partial charge is 0.396 e. The molecule has 2 aromatic carbocycles. The number of urea groups is 1. The number of carbonyl (C=O) groups excluding carboxylic acids is 2. The van der Waals surface area contributed by atoms with E-state index in [1.165, 1.54) is 0 Å². The molecule has 6 heteroatoms. The van der Waals surface area contributed by atoms with E-state index in [0.29, 0.717) is 32.6 Å². The van der Waals surface area contributed by atoms with Gasteiger partial charge >= 0.3 is 6.03 Å². The maximum atomic E-state index is 12.9. The standard InChI is InChI=1S/C22H29N3O3/c1-17(27)24-13-10-20(11-14-24)23-22(28)25(12-5-15-26)16-19-8-4-7-18-6-2-3-9-21(18)19/h2-4,6-9,20,26H,5,10-16H2,1H3,(H,23,28). The van der Waals surface area contributed by atoms with Crippen molar-refractivity contribution in [2.45, 2.75) is 38.8 Å². The quantitative estimate of drug-likeness (QED) is 0.806. The van der Waals surface area contributed by atoms with Crippen molar-refractivity contribution in [2.75, 3.05) is 26.2 Å². The highest BCUT2D eigenvalue weighted by Crippen LogP contribution is 2.20. The number of aliphatic hydroxyl groups is 1. The van der Waals surface area contributed by atoms with Crippen LogP contribution in [-0.4, -0.2) is 59.1 Å². The van der Waals surface area contributed by atoms with E-state index in [9.17, 15) is 14.7 Å². The van der Waals surface area contributed by atoms with Crippen LogP contribution in [0, 0.1) is 0 Å². The molecule has 28 heavy (non-hydrogen) atoms. The number of hydrogen-bond donors (Lipinski definition) is 2. The zero-order chi connectivity index (χ0) is 19.9. The van der Waals surface area contributed by atoms with Crippen LogP contribution in [0.15, 0.2) is 42.5 Å². The lowest BCUT2D eigenvalue weighted by Crippen LogP contribution is -2.50. The predicted molar refractivity (Wildman–Crippen MR) is 110 cm³/mol. The van der Waals surface area contributed by atoms with E-state index in [1.54, 1.807) is 11.8 Å². The molecule has 1 aliphatic rings. The highest BCUT2D eigenvalue weighted by molar-refractivity contribution is 5.86. The summed E-state index contributed by atoms with van der Waals surface area (Å²) in [5.41, 5.74) is 1.09. The van der Waals surface area contributed by atoms with E-state index >= 15 is 0 Å². The first-order chi connectivity index (χ1) is 13.6. The minimum atomic E-state index is -0.109. The van der Waals surface area contributed by atoms with Crippen molar-refractivity contribution >= 4 is 22.7 Å². The van der Waals surface area contributed by atoms with Gasteiger partial charge in [-0.15, -0.1) is 0 Å². The fourth-order valence-electron chi connectivity index (χ4n) is 3.75. The molecule has 150 valence electrons. The second-order valence-corrected chi connectivity index (χ2v) is 7.37. The van der Waals surface area contributed by atoms with E-state index in [1.807, 2.05) is 29.2 Å². The molecule has 0 bridgehead atoms. The zero-order valence-corrected chi connectivity index (χ0v) is 16.4. The van der Waals surface area contributed by atoms with Gasteiger partial charge in [-0.05, 0) is 35.6 Å². The van der Waals surface area contributed by atoms with Gasteiger partial charge in [0.1, 0.15) is 0 Å². The van der Waals surface area contributed by atoms with Crippen LogP contribution in [0.4, 0.5) is 4.79 Å². The number of nitrogens with zero attached hydrogens (tertiary/aromatic N) is 2. The van der Waals surface area contributed by atoms with Gasteiger partial charge in [0.05, 0.1) is 0 Å². The monoisotopic (exact) mass is 383 g/mol. The smallest absolute Gasteiger partial charge is 0.317 e. The van der Waals surface area contributed by atoms with Crippen LogP contribution in [0.2, 0.25) is 0 Å². The molecule has 0 spiro atoms. The Balaban J connectivity index is 1.67. The van der Waals surface area contributed by atoms with Crippen LogP contribution in [0.3, 0.4) is 0 Å². The Hall–Kier alpha value is -2.60. The summed E-state index contributed by atoms with van der Waals surface area (Å²) in [6.07, 6.45) is 2.09. The van der Waals surface area contributed by atoms with E-state index in [-0.39, 0.29) is 24.6 Å². The van der Waals surface area contributed by atoms with Gasteiger partial charge in [-0.2, -0.15) is 0 Å². The molecule has 0 unspecified atom stereocenters. The lowest BCUT2D eigenvalue weighted by Gasteiger charge is -2.33. The maximum Gasteiger partial charge on any atom is 0.317 e. The molecule has 1 saturated heterocycles. The summed E-state index contributed by atoms with van der Waals surface area (Å²) in [7, 11) is 0. The van der Waals surface area contributed by atoms with E-state index in [2.05, 4.69) is 23.5 Å². The molecule has 0 radical (unpaired) electrons. The Kier molecular flexibility index (Phi) is 6.87. The van der Waals surface area contributed by atoms with Crippen molar-refractivity contribution in [2.24, 2.45) is 0 Å². The van der Waals surface area contributed by atoms with Crippen LogP contribution in [0.1, 0.15) is 31.7 Å². The molecule has 1 fully saturated rings. The van der Waals surface area contributed by atoms with E-state index in [4.69, 9.17) is 0 Å². The minimum Gasteiger partial charge on any atom is -0.396 e. The molecule has 1 heterocycles. The molecule has 2 N–H and O–H groups in total. The van der Waals surface area contributed by atoms with E-state index in [0.717, 1.165) is 29.2 Å².